The first-order valence-electron chi connectivity index (χ1n) is 2.85. The van der Waals surface area contributed by atoms with Gasteiger partial charge in [0.2, 0.25) is 0 Å². The summed E-state index contributed by atoms with van der Waals surface area (Å²) in [6.07, 6.45) is 0. The third-order valence-corrected chi connectivity index (χ3v) is 2.04. The second-order valence-corrected chi connectivity index (χ2v) is 8.60. The molecule has 0 nitrogen and oxygen atoms in total. The third-order valence-electron chi connectivity index (χ3n) is 0.588. The fraction of sp³-hybridized carbons (Fsp3) is 0.667. The predicted molar refractivity (Wildman–Crippen MR) is 46.3 cm³/mol. The van der Waals surface area contributed by atoms with Gasteiger partial charge in [-0.15, -0.1) is 17.0 Å². The van der Waals surface area contributed by atoms with E-state index in [1.807, 2.05) is 0 Å². The van der Waals surface area contributed by atoms with Gasteiger partial charge in [-0.05, 0) is 0 Å². The van der Waals surface area contributed by atoms with Crippen LogP contribution in [0.15, 0.2) is 0 Å². The molecule has 0 N–H and O–H groups in total. The molecule has 0 bridgehead atoms. The van der Waals surface area contributed by atoms with Crippen molar-refractivity contribution in [1.82, 2.24) is 0 Å². The van der Waals surface area contributed by atoms with E-state index in [4.69, 9.17) is 0 Å². The van der Waals surface area contributed by atoms with Gasteiger partial charge in [0.15, 0.2) is 0 Å². The van der Waals surface area contributed by atoms with Crippen LogP contribution in [0.1, 0.15) is 0 Å². The van der Waals surface area contributed by atoms with Gasteiger partial charge in [-0.2, -0.15) is 0 Å². The maximum absolute atomic E-state index is 3.29. The van der Waals surface area contributed by atoms with Crippen LogP contribution in [0.2, 0.25) is 24.7 Å². The van der Waals surface area contributed by atoms with Crippen molar-refractivity contribution in [2.75, 3.05) is 0 Å². The SMILES string of the molecule is Br.C[Si](C)(C)C#C[CH2][Zn]. The van der Waals surface area contributed by atoms with E-state index in [1.165, 1.54) is 18.3 Å². The fourth-order valence-corrected chi connectivity index (χ4v) is 1.77. The van der Waals surface area contributed by atoms with Crippen molar-refractivity contribution < 1.29 is 18.3 Å². The molecule has 0 saturated heterocycles. The average molecular weight is 258 g/mol. The van der Waals surface area contributed by atoms with E-state index in [0.717, 1.165) is 5.02 Å². The van der Waals surface area contributed by atoms with Gasteiger partial charge in [0.25, 0.3) is 0 Å². The standard InChI is InChI=1S/C6H11Si.BrH.Zn/c1-5-6-7(2,3)4;;/h1H2,2-4H3;1H;. The Bertz CT molecular complexity index is 117. The molecule has 0 unspecified atom stereocenters. The molecule has 49 valence electrons. The number of halogens is 1. The van der Waals surface area contributed by atoms with Crippen molar-refractivity contribution in [2.24, 2.45) is 0 Å². The molecule has 0 atom stereocenters. The number of hydrogen-bond acceptors (Lipinski definition) is 0. The topological polar surface area (TPSA) is 0 Å². The zero-order chi connectivity index (χ0) is 6.62. The van der Waals surface area contributed by atoms with E-state index >= 15 is 0 Å². The average Bonchev–Trinajstić information content (AvgIpc) is 1.59. The van der Waals surface area contributed by atoms with Crippen LogP contribution in [0.25, 0.3) is 0 Å². The maximum atomic E-state index is 3.29. The molecule has 0 amide bonds. The molecule has 0 rings (SSSR count). The Labute approximate surface area is 79.3 Å². The molecule has 0 fully saturated rings. The molecular formula is C6H12BrSiZn. The molecule has 9 heavy (non-hydrogen) atoms. The molecule has 0 saturated carbocycles. The van der Waals surface area contributed by atoms with Crippen LogP contribution in [0.3, 0.4) is 0 Å². The van der Waals surface area contributed by atoms with Crippen LogP contribution < -0.4 is 0 Å². The van der Waals surface area contributed by atoms with Crippen LogP contribution in [0.5, 0.6) is 0 Å². The molecular weight excluding hydrogens is 245 g/mol. The van der Waals surface area contributed by atoms with Gasteiger partial charge < -0.3 is 0 Å². The van der Waals surface area contributed by atoms with E-state index in [-0.39, 0.29) is 17.0 Å². The molecule has 0 radical (unpaired) electrons. The second kappa shape index (κ2) is 5.65. The van der Waals surface area contributed by atoms with E-state index in [1.54, 1.807) is 0 Å². The van der Waals surface area contributed by atoms with Gasteiger partial charge in [-0.3, -0.25) is 0 Å². The van der Waals surface area contributed by atoms with Crippen molar-refractivity contribution in [3.8, 4) is 11.5 Å². The molecule has 0 aromatic rings. The van der Waals surface area contributed by atoms with Crippen molar-refractivity contribution >= 4 is 25.1 Å². The van der Waals surface area contributed by atoms with E-state index < -0.39 is 8.07 Å². The first-order chi connectivity index (χ1) is 3.56. The van der Waals surface area contributed by atoms with Crippen molar-refractivity contribution in [3.63, 3.8) is 0 Å². The van der Waals surface area contributed by atoms with Crippen LogP contribution in [0, 0.1) is 11.5 Å². The Morgan fingerprint density at radius 2 is 1.78 bits per heavy atom. The Hall–Kier alpha value is 0.880. The molecule has 0 heterocycles. The van der Waals surface area contributed by atoms with Gasteiger partial charge in [0.1, 0.15) is 0 Å². The van der Waals surface area contributed by atoms with Gasteiger partial charge in [-0.1, -0.05) is 0 Å². The van der Waals surface area contributed by atoms with Crippen LogP contribution >= 0.6 is 17.0 Å². The van der Waals surface area contributed by atoms with Gasteiger partial charge in [0, 0.05) is 0 Å². The minimum atomic E-state index is -1.02. The summed E-state index contributed by atoms with van der Waals surface area (Å²) in [5.41, 5.74) is 3.29. The Balaban J connectivity index is 0. The Morgan fingerprint density at radius 1 is 1.33 bits per heavy atom. The molecule has 0 spiro atoms. The van der Waals surface area contributed by atoms with Gasteiger partial charge in [0.05, 0.1) is 0 Å². The van der Waals surface area contributed by atoms with Crippen molar-refractivity contribution in [2.45, 2.75) is 24.7 Å². The number of rotatable bonds is 0. The first-order valence-corrected chi connectivity index (χ1v) is 8.45. The summed E-state index contributed by atoms with van der Waals surface area (Å²) in [5.74, 6) is 3.16. The summed E-state index contributed by atoms with van der Waals surface area (Å²) in [5, 5.41) is 1.13. The summed E-state index contributed by atoms with van der Waals surface area (Å²) in [4.78, 5) is 0. The monoisotopic (exact) mass is 255 g/mol. The summed E-state index contributed by atoms with van der Waals surface area (Å²) >= 11 is 1.32. The minimum absolute atomic E-state index is 0. The van der Waals surface area contributed by atoms with Gasteiger partial charge in [-0.25, -0.2) is 0 Å². The van der Waals surface area contributed by atoms with Crippen LogP contribution in [-0.4, -0.2) is 8.07 Å². The van der Waals surface area contributed by atoms with Gasteiger partial charge >= 0.3 is 62.5 Å². The first kappa shape index (κ1) is 12.5. The van der Waals surface area contributed by atoms with E-state index in [2.05, 4.69) is 31.1 Å². The molecule has 0 aliphatic carbocycles. The summed E-state index contributed by atoms with van der Waals surface area (Å²) in [6, 6.07) is 0. The molecule has 0 aromatic carbocycles. The van der Waals surface area contributed by atoms with Crippen LogP contribution in [-0.2, 0) is 18.3 Å². The van der Waals surface area contributed by atoms with Crippen LogP contribution in [0.4, 0.5) is 0 Å². The van der Waals surface area contributed by atoms with E-state index in [9.17, 15) is 0 Å². The van der Waals surface area contributed by atoms with Crippen molar-refractivity contribution in [1.29, 1.82) is 0 Å². The fourth-order valence-electron chi connectivity index (χ4n) is 0.328. The molecule has 0 aliphatic rings. The quantitative estimate of drug-likeness (QED) is 0.462. The zero-order valence-corrected chi connectivity index (χ0v) is 12.0. The second-order valence-electron chi connectivity index (χ2n) is 2.80. The van der Waals surface area contributed by atoms with Crippen molar-refractivity contribution in [3.05, 3.63) is 0 Å². The van der Waals surface area contributed by atoms with E-state index in [0.29, 0.717) is 0 Å². The number of hydrogen-bond donors (Lipinski definition) is 0. The Morgan fingerprint density at radius 3 is 1.89 bits per heavy atom. The zero-order valence-electron chi connectivity index (χ0n) is 6.32. The molecule has 3 heteroatoms. The normalized spacial score (nSPS) is 9.00. The Kier molecular flexibility index (Phi) is 7.88. The molecule has 0 aliphatic heterocycles. The summed E-state index contributed by atoms with van der Waals surface area (Å²) < 4.78 is 0. The summed E-state index contributed by atoms with van der Waals surface area (Å²) in [7, 11) is -1.02. The third kappa shape index (κ3) is 12.2. The summed E-state index contributed by atoms with van der Waals surface area (Å²) in [6.45, 7) is 6.82. The predicted octanol–water partition coefficient (Wildman–Crippen LogP) is 2.41. The molecule has 0 aromatic heterocycles.